The van der Waals surface area contributed by atoms with Gasteiger partial charge in [-0.3, -0.25) is 9.89 Å². The zero-order chi connectivity index (χ0) is 13.8. The van der Waals surface area contributed by atoms with Gasteiger partial charge in [-0.15, -0.1) is 0 Å². The molecule has 100 valence electrons. The zero-order valence-corrected chi connectivity index (χ0v) is 12.7. The summed E-state index contributed by atoms with van der Waals surface area (Å²) in [6, 6.07) is 6.87. The summed E-state index contributed by atoms with van der Waals surface area (Å²) < 4.78 is 0.654. The molecule has 0 atom stereocenters. The molecular formula is C13H13BrClN3O. The minimum absolute atomic E-state index is 0.224. The number of rotatable bonds is 4. The van der Waals surface area contributed by atoms with Crippen LogP contribution in [0.15, 0.2) is 28.7 Å². The smallest absolute Gasteiger partial charge is 0.258 e. The summed E-state index contributed by atoms with van der Waals surface area (Å²) in [6.45, 7) is 2.09. The second-order valence-corrected chi connectivity index (χ2v) is 5.40. The van der Waals surface area contributed by atoms with E-state index in [0.717, 1.165) is 18.5 Å². The maximum absolute atomic E-state index is 12.1. The lowest BCUT2D eigenvalue weighted by molar-refractivity contribution is 0.102. The Morgan fingerprint density at radius 2 is 2.26 bits per heavy atom. The second-order valence-electron chi connectivity index (χ2n) is 4.11. The quantitative estimate of drug-likeness (QED) is 0.881. The zero-order valence-electron chi connectivity index (χ0n) is 10.3. The van der Waals surface area contributed by atoms with Crippen LogP contribution < -0.4 is 5.32 Å². The highest BCUT2D eigenvalue weighted by Gasteiger charge is 2.12. The summed E-state index contributed by atoms with van der Waals surface area (Å²) in [5.74, 6) is 0.299. The van der Waals surface area contributed by atoms with Crippen LogP contribution in [0.25, 0.3) is 0 Å². The van der Waals surface area contributed by atoms with E-state index in [0.29, 0.717) is 20.9 Å². The molecule has 0 saturated carbocycles. The molecular weight excluding hydrogens is 330 g/mol. The number of amides is 1. The van der Waals surface area contributed by atoms with Crippen LogP contribution in [0.4, 0.5) is 5.82 Å². The molecule has 19 heavy (non-hydrogen) atoms. The molecule has 0 fully saturated rings. The van der Waals surface area contributed by atoms with E-state index < -0.39 is 0 Å². The van der Waals surface area contributed by atoms with E-state index in [1.54, 1.807) is 18.2 Å². The molecule has 0 aliphatic heterocycles. The van der Waals surface area contributed by atoms with Crippen LogP contribution in [-0.2, 0) is 6.42 Å². The number of carbonyl (C=O) groups excluding carboxylic acids is 1. The SMILES string of the molecule is CCCc1cc(NC(=O)c2ccc(Cl)cc2Br)n[nH]1. The first-order chi connectivity index (χ1) is 9.10. The molecule has 0 radical (unpaired) electrons. The molecule has 0 aliphatic carbocycles. The van der Waals surface area contributed by atoms with Crippen molar-refractivity contribution in [2.75, 3.05) is 5.32 Å². The van der Waals surface area contributed by atoms with Gasteiger partial charge in [0.05, 0.1) is 5.56 Å². The number of H-pyrrole nitrogens is 1. The van der Waals surface area contributed by atoms with Gasteiger partial charge in [-0.2, -0.15) is 5.10 Å². The van der Waals surface area contributed by atoms with Crippen molar-refractivity contribution in [2.24, 2.45) is 0 Å². The standard InChI is InChI=1S/C13H13BrClN3O/c1-2-3-9-7-12(18-17-9)16-13(19)10-5-4-8(15)6-11(10)14/h4-7H,2-3H2,1H3,(H2,16,17,18,19). The Labute approximate surface area is 124 Å². The molecule has 0 unspecified atom stereocenters. The molecule has 1 aromatic heterocycles. The van der Waals surface area contributed by atoms with E-state index >= 15 is 0 Å². The van der Waals surface area contributed by atoms with Gasteiger partial charge in [0.1, 0.15) is 0 Å². The van der Waals surface area contributed by atoms with Gasteiger partial charge in [0, 0.05) is 21.3 Å². The van der Waals surface area contributed by atoms with Crippen molar-refractivity contribution >= 4 is 39.3 Å². The van der Waals surface area contributed by atoms with Crippen molar-refractivity contribution in [1.29, 1.82) is 0 Å². The van der Waals surface area contributed by atoms with E-state index in [1.165, 1.54) is 0 Å². The fourth-order valence-electron chi connectivity index (χ4n) is 1.68. The monoisotopic (exact) mass is 341 g/mol. The molecule has 0 aliphatic rings. The average Bonchev–Trinajstić information content (AvgIpc) is 2.76. The number of anilines is 1. The maximum Gasteiger partial charge on any atom is 0.258 e. The molecule has 2 N–H and O–H groups in total. The van der Waals surface area contributed by atoms with Gasteiger partial charge in [0.2, 0.25) is 0 Å². The lowest BCUT2D eigenvalue weighted by Gasteiger charge is -2.04. The van der Waals surface area contributed by atoms with E-state index in [2.05, 4.69) is 38.4 Å². The highest BCUT2D eigenvalue weighted by Crippen LogP contribution is 2.22. The number of aromatic nitrogens is 2. The van der Waals surface area contributed by atoms with Crippen LogP contribution in [0.3, 0.4) is 0 Å². The number of aromatic amines is 1. The fourth-order valence-corrected chi connectivity index (χ4v) is 2.54. The number of nitrogens with one attached hydrogen (secondary N) is 2. The number of hydrogen-bond acceptors (Lipinski definition) is 2. The van der Waals surface area contributed by atoms with Crippen LogP contribution in [0, 0.1) is 0 Å². The maximum atomic E-state index is 12.1. The third kappa shape index (κ3) is 3.58. The third-order valence-electron chi connectivity index (χ3n) is 2.57. The minimum Gasteiger partial charge on any atom is -0.305 e. The molecule has 1 heterocycles. The van der Waals surface area contributed by atoms with Crippen molar-refractivity contribution in [1.82, 2.24) is 10.2 Å². The van der Waals surface area contributed by atoms with Gasteiger partial charge in [-0.05, 0) is 40.5 Å². The van der Waals surface area contributed by atoms with Gasteiger partial charge in [0.25, 0.3) is 5.91 Å². The largest absolute Gasteiger partial charge is 0.305 e. The summed E-state index contributed by atoms with van der Waals surface area (Å²) in [5, 5.41) is 10.3. The summed E-state index contributed by atoms with van der Waals surface area (Å²) in [6.07, 6.45) is 1.94. The number of nitrogens with zero attached hydrogens (tertiary/aromatic N) is 1. The van der Waals surface area contributed by atoms with Crippen LogP contribution in [-0.4, -0.2) is 16.1 Å². The Morgan fingerprint density at radius 3 is 2.95 bits per heavy atom. The minimum atomic E-state index is -0.224. The molecule has 6 heteroatoms. The molecule has 2 aromatic rings. The molecule has 0 bridgehead atoms. The van der Waals surface area contributed by atoms with Crippen molar-refractivity contribution in [3.05, 3.63) is 45.0 Å². The molecule has 2 rings (SSSR count). The van der Waals surface area contributed by atoms with E-state index in [-0.39, 0.29) is 5.91 Å². The summed E-state index contributed by atoms with van der Waals surface area (Å²) in [5.41, 5.74) is 1.53. The van der Waals surface area contributed by atoms with Crippen LogP contribution in [0.1, 0.15) is 29.4 Å². The van der Waals surface area contributed by atoms with Crippen molar-refractivity contribution in [2.45, 2.75) is 19.8 Å². The molecule has 4 nitrogen and oxygen atoms in total. The normalized spacial score (nSPS) is 10.5. The first kappa shape index (κ1) is 14.1. The number of aryl methyl sites for hydroxylation is 1. The Hall–Kier alpha value is -1.33. The number of halogens is 2. The third-order valence-corrected chi connectivity index (χ3v) is 3.46. The van der Waals surface area contributed by atoms with Gasteiger partial charge in [0.15, 0.2) is 5.82 Å². The highest BCUT2D eigenvalue weighted by atomic mass is 79.9. The van der Waals surface area contributed by atoms with Crippen molar-refractivity contribution in [3.63, 3.8) is 0 Å². The summed E-state index contributed by atoms with van der Waals surface area (Å²) in [7, 11) is 0. The first-order valence-electron chi connectivity index (χ1n) is 5.91. The van der Waals surface area contributed by atoms with Gasteiger partial charge < -0.3 is 5.32 Å². The van der Waals surface area contributed by atoms with E-state index in [4.69, 9.17) is 11.6 Å². The number of hydrogen-bond donors (Lipinski definition) is 2. The van der Waals surface area contributed by atoms with Crippen molar-refractivity contribution in [3.8, 4) is 0 Å². The van der Waals surface area contributed by atoms with Gasteiger partial charge in [-0.1, -0.05) is 24.9 Å². The summed E-state index contributed by atoms with van der Waals surface area (Å²) >= 11 is 9.16. The second kappa shape index (κ2) is 6.21. The number of carbonyl (C=O) groups is 1. The van der Waals surface area contributed by atoms with Crippen LogP contribution in [0.5, 0.6) is 0 Å². The number of benzene rings is 1. The van der Waals surface area contributed by atoms with Crippen molar-refractivity contribution < 1.29 is 4.79 Å². The topological polar surface area (TPSA) is 57.8 Å². The molecule has 0 spiro atoms. The molecule has 0 saturated heterocycles. The van der Waals surface area contributed by atoms with Gasteiger partial charge >= 0.3 is 0 Å². The van der Waals surface area contributed by atoms with Crippen LogP contribution in [0.2, 0.25) is 5.02 Å². The predicted molar refractivity (Wildman–Crippen MR) is 79.7 cm³/mol. The molecule has 1 aromatic carbocycles. The Bertz CT molecular complexity index is 597. The Morgan fingerprint density at radius 1 is 1.47 bits per heavy atom. The summed E-state index contributed by atoms with van der Waals surface area (Å²) in [4.78, 5) is 12.1. The average molecular weight is 343 g/mol. The molecule has 1 amide bonds. The predicted octanol–water partition coefficient (Wildman–Crippen LogP) is 4.03. The van der Waals surface area contributed by atoms with Gasteiger partial charge in [-0.25, -0.2) is 0 Å². The fraction of sp³-hybridized carbons (Fsp3) is 0.231. The Kier molecular flexibility index (Phi) is 4.61. The van der Waals surface area contributed by atoms with Crippen LogP contribution >= 0.6 is 27.5 Å². The first-order valence-corrected chi connectivity index (χ1v) is 7.08. The van der Waals surface area contributed by atoms with E-state index in [1.807, 2.05) is 6.07 Å². The lowest BCUT2D eigenvalue weighted by Crippen LogP contribution is -2.12. The lowest BCUT2D eigenvalue weighted by atomic mass is 10.2. The van der Waals surface area contributed by atoms with E-state index in [9.17, 15) is 4.79 Å². The Balaban J connectivity index is 2.11. The highest BCUT2D eigenvalue weighted by molar-refractivity contribution is 9.10.